The van der Waals surface area contributed by atoms with E-state index in [-0.39, 0.29) is 0 Å². The van der Waals surface area contributed by atoms with Gasteiger partial charge >= 0.3 is 0 Å². The molecule has 1 aliphatic rings. The highest BCUT2D eigenvalue weighted by atomic mass is 14.8. The minimum absolute atomic E-state index is 1.03. The zero-order valence-corrected chi connectivity index (χ0v) is 7.22. The van der Waals surface area contributed by atoms with Crippen molar-refractivity contribution >= 4 is 0 Å². The molecule has 1 nitrogen and oxygen atoms in total. The van der Waals surface area contributed by atoms with E-state index in [2.05, 4.69) is 36.5 Å². The molecule has 0 unspecified atom stereocenters. The Kier molecular flexibility index (Phi) is 2.96. The lowest BCUT2D eigenvalue weighted by atomic mass is 10.1. The van der Waals surface area contributed by atoms with E-state index in [9.17, 15) is 0 Å². The molecule has 0 saturated carbocycles. The highest BCUT2D eigenvalue weighted by Gasteiger charge is 1.92. The third-order valence-corrected chi connectivity index (χ3v) is 1.85. The number of hydrogen-bond donors (Lipinski definition) is 1. The van der Waals surface area contributed by atoms with Gasteiger partial charge in [0.2, 0.25) is 0 Å². The van der Waals surface area contributed by atoms with Crippen LogP contribution >= 0.6 is 0 Å². The molecule has 0 amide bonds. The highest BCUT2D eigenvalue weighted by Crippen LogP contribution is 2.08. The SMILES string of the molecule is CN/C1=C/C/C=C\C(C)=C/C1. The molecule has 1 N–H and O–H groups in total. The van der Waals surface area contributed by atoms with Crippen molar-refractivity contribution in [2.75, 3.05) is 7.05 Å². The molecule has 0 aliphatic heterocycles. The zero-order valence-electron chi connectivity index (χ0n) is 7.22. The molecule has 0 heterocycles. The van der Waals surface area contributed by atoms with Crippen LogP contribution in [0.15, 0.2) is 35.6 Å². The monoisotopic (exact) mass is 149 g/mol. The Balaban J connectivity index is 2.68. The standard InChI is InChI=1S/C10H15N/c1-9-5-3-4-6-10(11-2)8-7-9/h3,5-7,11H,4,8H2,1-2H3/b5-3-,9-7-,10-6+. The van der Waals surface area contributed by atoms with E-state index in [1.165, 1.54) is 11.3 Å². The van der Waals surface area contributed by atoms with E-state index in [0.717, 1.165) is 12.8 Å². The van der Waals surface area contributed by atoms with Gasteiger partial charge in [-0.2, -0.15) is 0 Å². The fourth-order valence-electron chi connectivity index (χ4n) is 1.09. The lowest BCUT2D eigenvalue weighted by molar-refractivity contribution is 0.921. The van der Waals surface area contributed by atoms with E-state index >= 15 is 0 Å². The first kappa shape index (κ1) is 8.12. The second-order valence-electron chi connectivity index (χ2n) is 2.77. The quantitative estimate of drug-likeness (QED) is 0.603. The van der Waals surface area contributed by atoms with Crippen molar-refractivity contribution in [1.82, 2.24) is 5.32 Å². The van der Waals surface area contributed by atoms with Gasteiger partial charge in [0.15, 0.2) is 0 Å². The maximum atomic E-state index is 3.17. The van der Waals surface area contributed by atoms with Crippen LogP contribution in [0.25, 0.3) is 0 Å². The Labute approximate surface area is 68.5 Å². The summed E-state index contributed by atoms with van der Waals surface area (Å²) < 4.78 is 0. The topological polar surface area (TPSA) is 12.0 Å². The van der Waals surface area contributed by atoms with Crippen LogP contribution < -0.4 is 5.32 Å². The molecule has 1 rings (SSSR count). The van der Waals surface area contributed by atoms with Gasteiger partial charge in [0.25, 0.3) is 0 Å². The molecule has 0 bridgehead atoms. The summed E-state index contributed by atoms with van der Waals surface area (Å²) in [5.41, 5.74) is 2.67. The van der Waals surface area contributed by atoms with Gasteiger partial charge < -0.3 is 5.32 Å². The Morgan fingerprint density at radius 3 is 2.91 bits per heavy atom. The lowest BCUT2D eigenvalue weighted by Gasteiger charge is -2.05. The second-order valence-corrected chi connectivity index (χ2v) is 2.77. The van der Waals surface area contributed by atoms with Crippen LogP contribution in [0.5, 0.6) is 0 Å². The third-order valence-electron chi connectivity index (χ3n) is 1.85. The van der Waals surface area contributed by atoms with E-state index in [1.54, 1.807) is 0 Å². The van der Waals surface area contributed by atoms with Crippen molar-refractivity contribution in [1.29, 1.82) is 0 Å². The van der Waals surface area contributed by atoms with E-state index in [0.29, 0.717) is 0 Å². The van der Waals surface area contributed by atoms with Gasteiger partial charge in [-0.3, -0.25) is 0 Å². The van der Waals surface area contributed by atoms with Gasteiger partial charge in [0.05, 0.1) is 0 Å². The molecule has 0 aromatic rings. The molecule has 1 aliphatic carbocycles. The lowest BCUT2D eigenvalue weighted by Crippen LogP contribution is -2.05. The molecule has 11 heavy (non-hydrogen) atoms. The zero-order chi connectivity index (χ0) is 8.10. The van der Waals surface area contributed by atoms with Gasteiger partial charge in [-0.05, 0) is 13.3 Å². The van der Waals surface area contributed by atoms with Crippen LogP contribution in [0.4, 0.5) is 0 Å². The molecule has 0 aromatic heterocycles. The van der Waals surface area contributed by atoms with Crippen LogP contribution in [0.2, 0.25) is 0 Å². The summed E-state index contributed by atoms with van der Waals surface area (Å²) in [5.74, 6) is 0. The van der Waals surface area contributed by atoms with Crippen molar-refractivity contribution in [2.24, 2.45) is 0 Å². The smallest absolute Gasteiger partial charge is 0.0105 e. The summed E-state index contributed by atoms with van der Waals surface area (Å²) in [6, 6.07) is 0. The van der Waals surface area contributed by atoms with Gasteiger partial charge in [-0.15, -0.1) is 0 Å². The van der Waals surface area contributed by atoms with Gasteiger partial charge in [-0.25, -0.2) is 0 Å². The Morgan fingerprint density at radius 2 is 2.18 bits per heavy atom. The molecule has 0 spiro atoms. The predicted molar refractivity (Wildman–Crippen MR) is 49.3 cm³/mol. The fourth-order valence-corrected chi connectivity index (χ4v) is 1.09. The average Bonchev–Trinajstić information content (AvgIpc) is 1.98. The summed E-state index contributed by atoms with van der Waals surface area (Å²) in [7, 11) is 1.97. The Bertz CT molecular complexity index is 209. The summed E-state index contributed by atoms with van der Waals surface area (Å²) in [4.78, 5) is 0. The van der Waals surface area contributed by atoms with Crippen LogP contribution in [0.1, 0.15) is 19.8 Å². The maximum Gasteiger partial charge on any atom is 0.0105 e. The van der Waals surface area contributed by atoms with Crippen molar-refractivity contribution in [3.05, 3.63) is 35.6 Å². The van der Waals surface area contributed by atoms with Crippen molar-refractivity contribution in [3.63, 3.8) is 0 Å². The molecule has 0 radical (unpaired) electrons. The number of allylic oxidation sites excluding steroid dienone is 5. The molecular weight excluding hydrogens is 134 g/mol. The molecule has 0 atom stereocenters. The number of rotatable bonds is 1. The van der Waals surface area contributed by atoms with Crippen LogP contribution in [0.3, 0.4) is 0 Å². The van der Waals surface area contributed by atoms with Crippen molar-refractivity contribution in [3.8, 4) is 0 Å². The first-order chi connectivity index (χ1) is 5.33. The highest BCUT2D eigenvalue weighted by molar-refractivity contribution is 5.22. The molecular formula is C10H15N. The third kappa shape index (κ3) is 2.62. The summed E-state index contributed by atoms with van der Waals surface area (Å²) in [6.07, 6.45) is 10.9. The van der Waals surface area contributed by atoms with Crippen molar-refractivity contribution in [2.45, 2.75) is 19.8 Å². The normalized spacial score (nSPS) is 30.4. The van der Waals surface area contributed by atoms with Crippen LogP contribution in [-0.2, 0) is 0 Å². The van der Waals surface area contributed by atoms with Crippen molar-refractivity contribution < 1.29 is 0 Å². The molecule has 60 valence electrons. The van der Waals surface area contributed by atoms with E-state index in [4.69, 9.17) is 0 Å². The summed E-state index contributed by atoms with van der Waals surface area (Å²) in [6.45, 7) is 2.13. The molecule has 1 heteroatoms. The van der Waals surface area contributed by atoms with Gasteiger partial charge in [0, 0.05) is 19.2 Å². The van der Waals surface area contributed by atoms with Gasteiger partial charge in [0.1, 0.15) is 0 Å². The number of nitrogens with one attached hydrogen (secondary N) is 1. The molecule has 0 aromatic carbocycles. The second kappa shape index (κ2) is 4.02. The fraction of sp³-hybridized carbons (Fsp3) is 0.400. The van der Waals surface area contributed by atoms with E-state index < -0.39 is 0 Å². The summed E-state index contributed by atoms with van der Waals surface area (Å²) in [5, 5.41) is 3.17. The summed E-state index contributed by atoms with van der Waals surface area (Å²) >= 11 is 0. The predicted octanol–water partition coefficient (Wildman–Crippen LogP) is 2.39. The molecule has 0 saturated heterocycles. The average molecular weight is 149 g/mol. The van der Waals surface area contributed by atoms with Crippen LogP contribution in [-0.4, -0.2) is 7.05 Å². The minimum atomic E-state index is 1.03. The Morgan fingerprint density at radius 1 is 1.36 bits per heavy atom. The van der Waals surface area contributed by atoms with E-state index in [1.807, 2.05) is 7.05 Å². The minimum Gasteiger partial charge on any atom is -0.391 e. The maximum absolute atomic E-state index is 3.17. The Hall–Kier alpha value is -0.980. The molecule has 0 fully saturated rings. The van der Waals surface area contributed by atoms with Gasteiger partial charge in [-0.1, -0.05) is 29.9 Å². The first-order valence-electron chi connectivity index (χ1n) is 4.03. The van der Waals surface area contributed by atoms with Crippen LogP contribution in [0, 0.1) is 0 Å². The largest absolute Gasteiger partial charge is 0.391 e. The first-order valence-corrected chi connectivity index (χ1v) is 4.03. The number of hydrogen-bond acceptors (Lipinski definition) is 1.